The third kappa shape index (κ3) is 4.32. The van der Waals surface area contributed by atoms with E-state index in [0.29, 0.717) is 10.9 Å². The van der Waals surface area contributed by atoms with Crippen LogP contribution in [-0.4, -0.2) is 70.0 Å². The van der Waals surface area contributed by atoms with Crippen molar-refractivity contribution in [2.75, 3.05) is 38.6 Å². The molecular formula is C16H24N5O2S+. The van der Waals surface area contributed by atoms with Gasteiger partial charge in [-0.1, -0.05) is 29.5 Å². The number of benzene rings is 1. The molecule has 1 aliphatic heterocycles. The summed E-state index contributed by atoms with van der Waals surface area (Å²) in [5.41, 5.74) is 3.31. The smallest absolute Gasteiger partial charge is 0.214 e. The number of quaternary nitrogens is 1. The normalized spacial score (nSPS) is 17.1. The summed E-state index contributed by atoms with van der Waals surface area (Å²) in [4.78, 5) is 1.39. The summed E-state index contributed by atoms with van der Waals surface area (Å²) in [5.74, 6) is 0.579. The zero-order valence-corrected chi connectivity index (χ0v) is 14.9. The largest absolute Gasteiger partial charge is 0.386 e. The van der Waals surface area contributed by atoms with Crippen LogP contribution in [0.5, 0.6) is 0 Å². The van der Waals surface area contributed by atoms with Gasteiger partial charge >= 0.3 is 0 Å². The highest BCUT2D eigenvalue weighted by Gasteiger charge is 2.20. The molecule has 0 saturated carbocycles. The molecule has 1 aromatic heterocycles. The Balaban J connectivity index is 1.61. The molecule has 1 aliphatic rings. The molecule has 0 amide bonds. The molecule has 7 nitrogen and oxygen atoms in total. The predicted molar refractivity (Wildman–Crippen MR) is 91.7 cm³/mol. The van der Waals surface area contributed by atoms with Crippen molar-refractivity contribution in [1.82, 2.24) is 20.2 Å². The first-order valence-electron chi connectivity index (χ1n) is 8.21. The number of thioether (sulfide) groups is 1. The topological polar surface area (TPSA) is 77.5 Å². The molecule has 2 heterocycles. The number of hydrogen-bond acceptors (Lipinski definition) is 6. The highest BCUT2D eigenvalue weighted by molar-refractivity contribution is 7.99. The second-order valence-corrected chi connectivity index (χ2v) is 7.18. The Morgan fingerprint density at radius 1 is 1.33 bits per heavy atom. The number of rotatable bonds is 6. The third-order valence-electron chi connectivity index (χ3n) is 4.15. The second-order valence-electron chi connectivity index (χ2n) is 6.19. The van der Waals surface area contributed by atoms with Gasteiger partial charge in [0.2, 0.25) is 5.16 Å². The van der Waals surface area contributed by atoms with Gasteiger partial charge in [0.25, 0.3) is 0 Å². The van der Waals surface area contributed by atoms with E-state index in [-0.39, 0.29) is 6.10 Å². The van der Waals surface area contributed by atoms with Crippen LogP contribution in [0.3, 0.4) is 0 Å². The van der Waals surface area contributed by atoms with E-state index < -0.39 is 0 Å². The van der Waals surface area contributed by atoms with E-state index in [2.05, 4.69) is 41.5 Å². The van der Waals surface area contributed by atoms with Crippen molar-refractivity contribution in [2.24, 2.45) is 0 Å². The Hall–Kier alpha value is -1.48. The van der Waals surface area contributed by atoms with Gasteiger partial charge in [-0.15, -0.1) is 5.10 Å². The molecule has 0 spiro atoms. The van der Waals surface area contributed by atoms with Crippen molar-refractivity contribution in [3.05, 3.63) is 29.3 Å². The number of nitrogens with zero attached hydrogens (tertiary/aromatic N) is 4. The first-order valence-corrected chi connectivity index (χ1v) is 9.20. The molecule has 1 saturated heterocycles. The lowest BCUT2D eigenvalue weighted by atomic mass is 10.1. The minimum absolute atomic E-state index is 0.382. The Labute approximate surface area is 146 Å². The van der Waals surface area contributed by atoms with E-state index in [1.54, 1.807) is 4.68 Å². The fourth-order valence-corrected chi connectivity index (χ4v) is 3.70. The lowest BCUT2D eigenvalue weighted by molar-refractivity contribution is -0.910. The quantitative estimate of drug-likeness (QED) is 0.694. The molecule has 2 aromatic rings. The molecule has 1 aromatic carbocycles. The first kappa shape index (κ1) is 17.3. The minimum Gasteiger partial charge on any atom is -0.386 e. The molecule has 3 rings (SSSR count). The van der Waals surface area contributed by atoms with Crippen LogP contribution in [0, 0.1) is 13.8 Å². The lowest BCUT2D eigenvalue weighted by Crippen LogP contribution is -3.15. The fourth-order valence-electron chi connectivity index (χ4n) is 2.89. The van der Waals surface area contributed by atoms with Crippen LogP contribution in [-0.2, 0) is 4.74 Å². The molecular weight excluding hydrogens is 326 g/mol. The molecule has 1 fully saturated rings. The second kappa shape index (κ2) is 8.06. The number of aliphatic hydroxyl groups is 1. The van der Waals surface area contributed by atoms with Crippen LogP contribution >= 0.6 is 11.8 Å². The summed E-state index contributed by atoms with van der Waals surface area (Å²) in [5, 5.41) is 23.0. The van der Waals surface area contributed by atoms with Gasteiger partial charge in [0.05, 0.1) is 18.9 Å². The first-order chi connectivity index (χ1) is 11.6. The van der Waals surface area contributed by atoms with Crippen LogP contribution in [0.2, 0.25) is 0 Å². The van der Waals surface area contributed by atoms with Gasteiger partial charge in [0, 0.05) is 5.75 Å². The summed E-state index contributed by atoms with van der Waals surface area (Å²) in [6, 6.07) is 6.19. The maximum Gasteiger partial charge on any atom is 0.214 e. The van der Waals surface area contributed by atoms with Gasteiger partial charge in [-0.25, -0.2) is 0 Å². The molecule has 1 atom stereocenters. The average molecular weight is 350 g/mol. The van der Waals surface area contributed by atoms with Gasteiger partial charge in [0.1, 0.15) is 25.7 Å². The van der Waals surface area contributed by atoms with Crippen LogP contribution in [0.1, 0.15) is 11.1 Å². The van der Waals surface area contributed by atoms with E-state index >= 15 is 0 Å². The summed E-state index contributed by atoms with van der Waals surface area (Å²) >= 11 is 1.49. The van der Waals surface area contributed by atoms with Gasteiger partial charge in [-0.05, 0) is 35.9 Å². The van der Waals surface area contributed by atoms with Crippen LogP contribution in [0.15, 0.2) is 23.4 Å². The highest BCUT2D eigenvalue weighted by Crippen LogP contribution is 2.21. The van der Waals surface area contributed by atoms with Gasteiger partial charge in [-0.2, -0.15) is 4.68 Å². The van der Waals surface area contributed by atoms with Crippen molar-refractivity contribution in [1.29, 1.82) is 0 Å². The van der Waals surface area contributed by atoms with E-state index in [9.17, 15) is 5.11 Å². The van der Waals surface area contributed by atoms with E-state index in [1.807, 2.05) is 6.07 Å². The molecule has 2 N–H and O–H groups in total. The number of hydrogen-bond donors (Lipinski definition) is 2. The number of ether oxygens (including phenoxy) is 1. The monoisotopic (exact) mass is 350 g/mol. The number of tetrazole rings is 1. The van der Waals surface area contributed by atoms with Crippen LogP contribution < -0.4 is 4.90 Å². The fraction of sp³-hybridized carbons (Fsp3) is 0.562. The van der Waals surface area contributed by atoms with Crippen molar-refractivity contribution >= 4 is 11.8 Å². The molecule has 0 radical (unpaired) electrons. The molecule has 8 heteroatoms. The average Bonchev–Trinajstić information content (AvgIpc) is 3.02. The maximum atomic E-state index is 10.3. The summed E-state index contributed by atoms with van der Waals surface area (Å²) in [6.45, 7) is 8.33. The zero-order valence-electron chi connectivity index (χ0n) is 14.1. The van der Waals surface area contributed by atoms with Crippen molar-refractivity contribution in [2.45, 2.75) is 25.1 Å². The Morgan fingerprint density at radius 3 is 2.88 bits per heavy atom. The minimum atomic E-state index is -0.382. The van der Waals surface area contributed by atoms with Gasteiger partial charge in [-0.3, -0.25) is 0 Å². The standard InChI is InChI=1S/C16H23N5O2S/c1-12-3-4-15(13(2)9-12)21-16(17-18-19-21)24-11-14(22)10-20-5-7-23-8-6-20/h3-4,9,14,22H,5-8,10-11H2,1-2H3/p+1/t14-/m0/s1. The number of nitrogens with one attached hydrogen (secondary N) is 1. The van der Waals surface area contributed by atoms with Crippen molar-refractivity contribution in [3.8, 4) is 5.69 Å². The maximum absolute atomic E-state index is 10.3. The SMILES string of the molecule is Cc1ccc(-n2nnnc2SC[C@@H](O)C[NH+]2CCOCC2)c(C)c1. The number of aliphatic hydroxyl groups excluding tert-OH is 1. The van der Waals surface area contributed by atoms with Crippen LogP contribution in [0.4, 0.5) is 0 Å². The predicted octanol–water partition coefficient (Wildman–Crippen LogP) is -0.353. The molecule has 0 aliphatic carbocycles. The Bertz CT molecular complexity index is 672. The number of aryl methyl sites for hydroxylation is 2. The Morgan fingerprint density at radius 2 is 2.12 bits per heavy atom. The van der Waals surface area contributed by atoms with E-state index in [1.165, 1.54) is 22.2 Å². The zero-order chi connectivity index (χ0) is 16.9. The summed E-state index contributed by atoms with van der Waals surface area (Å²) in [7, 11) is 0. The van der Waals surface area contributed by atoms with E-state index in [4.69, 9.17) is 4.74 Å². The number of morpholine rings is 1. The van der Waals surface area contributed by atoms with Crippen molar-refractivity contribution < 1.29 is 14.7 Å². The molecule has 24 heavy (non-hydrogen) atoms. The number of aromatic nitrogens is 4. The third-order valence-corrected chi connectivity index (χ3v) is 5.21. The lowest BCUT2D eigenvalue weighted by Gasteiger charge is -2.25. The molecule has 0 unspecified atom stereocenters. The van der Waals surface area contributed by atoms with Crippen LogP contribution in [0.25, 0.3) is 5.69 Å². The molecule has 130 valence electrons. The Kier molecular flexibility index (Phi) is 5.83. The van der Waals surface area contributed by atoms with Gasteiger partial charge < -0.3 is 14.7 Å². The summed E-state index contributed by atoms with van der Waals surface area (Å²) in [6.07, 6.45) is -0.382. The van der Waals surface area contributed by atoms with Gasteiger partial charge in [0.15, 0.2) is 0 Å². The van der Waals surface area contributed by atoms with Crippen molar-refractivity contribution in [3.63, 3.8) is 0 Å². The molecule has 0 bridgehead atoms. The highest BCUT2D eigenvalue weighted by atomic mass is 32.2. The van der Waals surface area contributed by atoms with E-state index in [0.717, 1.165) is 44.1 Å². The summed E-state index contributed by atoms with van der Waals surface area (Å²) < 4.78 is 7.09.